The molecule has 2 aromatic heterocycles. The van der Waals surface area contributed by atoms with Crippen LogP contribution >= 0.6 is 0 Å². The van der Waals surface area contributed by atoms with Crippen molar-refractivity contribution in [2.75, 3.05) is 6.54 Å². The standard InChI is InChI=1S/C18H25N5O2/c1-9(2)16-12-7-15(24)20-13(18(12)22-21-16)6-10(3)17-11-4-5-19-8-14(11)25-23-17/h9-10,13,19H,4-8H2,1-3H3,(H,20,24)(H,21,22). The predicted octanol–water partition coefficient (Wildman–Crippen LogP) is 2.07. The van der Waals surface area contributed by atoms with Crippen LogP contribution in [0.25, 0.3) is 0 Å². The van der Waals surface area contributed by atoms with E-state index in [1.807, 2.05) is 0 Å². The number of aromatic nitrogens is 3. The van der Waals surface area contributed by atoms with Crippen LogP contribution in [-0.4, -0.2) is 27.8 Å². The Labute approximate surface area is 146 Å². The van der Waals surface area contributed by atoms with Crippen molar-refractivity contribution in [2.45, 2.75) is 64.5 Å². The van der Waals surface area contributed by atoms with Crippen molar-refractivity contribution >= 4 is 5.91 Å². The van der Waals surface area contributed by atoms with Gasteiger partial charge >= 0.3 is 0 Å². The zero-order valence-electron chi connectivity index (χ0n) is 15.0. The Morgan fingerprint density at radius 3 is 2.88 bits per heavy atom. The summed E-state index contributed by atoms with van der Waals surface area (Å²) in [6.45, 7) is 8.07. The van der Waals surface area contributed by atoms with Gasteiger partial charge in [-0.2, -0.15) is 5.10 Å². The molecule has 0 saturated carbocycles. The smallest absolute Gasteiger partial charge is 0.225 e. The fraction of sp³-hybridized carbons (Fsp3) is 0.611. The van der Waals surface area contributed by atoms with E-state index in [-0.39, 0.29) is 17.9 Å². The van der Waals surface area contributed by atoms with Crippen LogP contribution in [0.15, 0.2) is 4.52 Å². The Kier molecular flexibility index (Phi) is 4.11. The second kappa shape index (κ2) is 6.29. The average Bonchev–Trinajstić information content (AvgIpc) is 3.18. The lowest BCUT2D eigenvalue weighted by Crippen LogP contribution is -2.36. The van der Waals surface area contributed by atoms with Crippen LogP contribution in [0.4, 0.5) is 0 Å². The molecule has 2 unspecified atom stereocenters. The van der Waals surface area contributed by atoms with Gasteiger partial charge in [0.05, 0.1) is 36.1 Å². The molecule has 0 bridgehead atoms. The minimum atomic E-state index is -0.0553. The van der Waals surface area contributed by atoms with Gasteiger partial charge in [0.25, 0.3) is 0 Å². The highest BCUT2D eigenvalue weighted by molar-refractivity contribution is 5.81. The monoisotopic (exact) mass is 343 g/mol. The third-order valence-corrected chi connectivity index (χ3v) is 5.29. The van der Waals surface area contributed by atoms with Crippen molar-refractivity contribution in [3.8, 4) is 0 Å². The molecular weight excluding hydrogens is 318 g/mol. The number of carbonyl (C=O) groups is 1. The molecule has 4 rings (SSSR count). The van der Waals surface area contributed by atoms with Crippen LogP contribution in [0.2, 0.25) is 0 Å². The summed E-state index contributed by atoms with van der Waals surface area (Å²) in [6, 6.07) is -0.0553. The summed E-state index contributed by atoms with van der Waals surface area (Å²) in [5, 5.41) is 18.4. The summed E-state index contributed by atoms with van der Waals surface area (Å²) >= 11 is 0. The van der Waals surface area contributed by atoms with Crippen molar-refractivity contribution < 1.29 is 9.32 Å². The number of carbonyl (C=O) groups excluding carboxylic acids is 1. The van der Waals surface area contributed by atoms with E-state index in [2.05, 4.69) is 46.8 Å². The first kappa shape index (κ1) is 16.3. The highest BCUT2D eigenvalue weighted by atomic mass is 16.5. The van der Waals surface area contributed by atoms with Gasteiger partial charge in [0.2, 0.25) is 5.91 Å². The molecule has 7 nitrogen and oxygen atoms in total. The highest BCUT2D eigenvalue weighted by Crippen LogP contribution is 2.35. The van der Waals surface area contributed by atoms with Crippen molar-refractivity contribution in [3.05, 3.63) is 34.0 Å². The third-order valence-electron chi connectivity index (χ3n) is 5.29. The molecule has 4 heterocycles. The molecular formula is C18H25N5O2. The lowest BCUT2D eigenvalue weighted by molar-refractivity contribution is -0.121. The second-order valence-electron chi connectivity index (χ2n) is 7.49. The molecule has 0 aromatic carbocycles. The lowest BCUT2D eigenvalue weighted by atomic mass is 9.87. The first-order valence-corrected chi connectivity index (χ1v) is 9.09. The summed E-state index contributed by atoms with van der Waals surface area (Å²) in [5.41, 5.74) is 5.39. The minimum absolute atomic E-state index is 0.0553. The van der Waals surface area contributed by atoms with E-state index in [1.54, 1.807) is 0 Å². The fourth-order valence-electron chi connectivity index (χ4n) is 4.03. The van der Waals surface area contributed by atoms with Crippen molar-refractivity contribution in [1.82, 2.24) is 26.0 Å². The van der Waals surface area contributed by atoms with Gasteiger partial charge in [-0.3, -0.25) is 9.89 Å². The maximum Gasteiger partial charge on any atom is 0.225 e. The van der Waals surface area contributed by atoms with Crippen LogP contribution in [0, 0.1) is 0 Å². The van der Waals surface area contributed by atoms with Crippen molar-refractivity contribution in [2.24, 2.45) is 0 Å². The van der Waals surface area contributed by atoms with Crippen LogP contribution in [0.5, 0.6) is 0 Å². The number of amides is 1. The number of H-pyrrole nitrogens is 1. The van der Waals surface area contributed by atoms with Crippen molar-refractivity contribution in [1.29, 1.82) is 0 Å². The van der Waals surface area contributed by atoms with Gasteiger partial charge in [-0.1, -0.05) is 25.9 Å². The Hall–Kier alpha value is -2.15. The molecule has 2 atom stereocenters. The van der Waals surface area contributed by atoms with E-state index in [4.69, 9.17) is 4.52 Å². The molecule has 1 amide bonds. The summed E-state index contributed by atoms with van der Waals surface area (Å²) in [7, 11) is 0. The van der Waals surface area contributed by atoms with E-state index < -0.39 is 0 Å². The molecule has 0 aliphatic carbocycles. The SMILES string of the molecule is CC(C)c1n[nH]c2c1CC(=O)NC2CC(C)c1noc2c1CCNC2. The van der Waals surface area contributed by atoms with Gasteiger partial charge in [0.1, 0.15) is 0 Å². The van der Waals surface area contributed by atoms with Gasteiger partial charge in [-0.05, 0) is 25.3 Å². The number of nitrogens with one attached hydrogen (secondary N) is 3. The number of hydrogen-bond donors (Lipinski definition) is 3. The fourth-order valence-corrected chi connectivity index (χ4v) is 4.03. The molecule has 2 aliphatic heterocycles. The molecule has 0 radical (unpaired) electrons. The largest absolute Gasteiger partial charge is 0.359 e. The van der Waals surface area contributed by atoms with Crippen LogP contribution in [-0.2, 0) is 24.2 Å². The lowest BCUT2D eigenvalue weighted by Gasteiger charge is -2.26. The van der Waals surface area contributed by atoms with E-state index in [9.17, 15) is 4.79 Å². The summed E-state index contributed by atoms with van der Waals surface area (Å²) in [5.74, 6) is 1.52. The molecule has 134 valence electrons. The Bertz CT molecular complexity index is 791. The zero-order valence-corrected chi connectivity index (χ0v) is 15.0. The number of aromatic amines is 1. The van der Waals surface area contributed by atoms with Gasteiger partial charge in [-0.15, -0.1) is 0 Å². The van der Waals surface area contributed by atoms with Crippen LogP contribution in [0.1, 0.15) is 79.0 Å². The maximum absolute atomic E-state index is 12.2. The summed E-state index contributed by atoms with van der Waals surface area (Å²) < 4.78 is 5.50. The summed E-state index contributed by atoms with van der Waals surface area (Å²) in [4.78, 5) is 12.2. The van der Waals surface area contributed by atoms with Crippen molar-refractivity contribution in [3.63, 3.8) is 0 Å². The van der Waals surface area contributed by atoms with Crippen LogP contribution < -0.4 is 10.6 Å². The Morgan fingerprint density at radius 1 is 1.24 bits per heavy atom. The second-order valence-corrected chi connectivity index (χ2v) is 7.49. The van der Waals surface area contributed by atoms with Gasteiger partial charge in [0, 0.05) is 17.0 Å². The maximum atomic E-state index is 12.2. The Balaban J connectivity index is 1.59. The third kappa shape index (κ3) is 2.86. The molecule has 0 fully saturated rings. The molecule has 0 spiro atoms. The van der Waals surface area contributed by atoms with Gasteiger partial charge < -0.3 is 15.2 Å². The number of nitrogens with zero attached hydrogens (tertiary/aromatic N) is 2. The number of hydrogen-bond acceptors (Lipinski definition) is 5. The average molecular weight is 343 g/mol. The number of rotatable bonds is 4. The zero-order chi connectivity index (χ0) is 17.6. The molecule has 3 N–H and O–H groups in total. The highest BCUT2D eigenvalue weighted by Gasteiger charge is 2.32. The topological polar surface area (TPSA) is 95.8 Å². The normalized spacial score (nSPS) is 21.0. The first-order chi connectivity index (χ1) is 12.0. The van der Waals surface area contributed by atoms with E-state index >= 15 is 0 Å². The minimum Gasteiger partial charge on any atom is -0.359 e. The van der Waals surface area contributed by atoms with Crippen LogP contribution in [0.3, 0.4) is 0 Å². The molecule has 0 saturated heterocycles. The quantitative estimate of drug-likeness (QED) is 0.790. The van der Waals surface area contributed by atoms with Gasteiger partial charge in [-0.25, -0.2) is 0 Å². The predicted molar refractivity (Wildman–Crippen MR) is 92.2 cm³/mol. The molecule has 25 heavy (non-hydrogen) atoms. The molecule has 2 aliphatic rings. The van der Waals surface area contributed by atoms with Gasteiger partial charge in [0.15, 0.2) is 5.76 Å². The molecule has 2 aromatic rings. The molecule has 7 heteroatoms. The van der Waals surface area contributed by atoms with E-state index in [0.717, 1.165) is 54.3 Å². The van der Waals surface area contributed by atoms with E-state index in [1.165, 1.54) is 5.56 Å². The van der Waals surface area contributed by atoms with E-state index in [0.29, 0.717) is 12.3 Å². The Morgan fingerprint density at radius 2 is 2.08 bits per heavy atom. The first-order valence-electron chi connectivity index (χ1n) is 9.09. The summed E-state index contributed by atoms with van der Waals surface area (Å²) in [6.07, 6.45) is 2.14. The number of fused-ring (bicyclic) bond motifs is 2.